The number of hydrogen-bond donors (Lipinski definition) is 3. The lowest BCUT2D eigenvalue weighted by atomic mass is 9.82. The molecule has 0 fully saturated rings. The SMILES string of the molecule is CNc1nc2c(c(N)c1CN)C(c1cccc(F)c1)c1ccc(OC)cc1O2. The number of hydrogen-bond acceptors (Lipinski definition) is 6. The van der Waals surface area contributed by atoms with Gasteiger partial charge >= 0.3 is 0 Å². The Hall–Kier alpha value is -3.32. The summed E-state index contributed by atoms with van der Waals surface area (Å²) in [5, 5.41) is 3.01. The Balaban J connectivity index is 2.02. The number of nitrogens with one attached hydrogen (secondary N) is 1. The molecule has 5 N–H and O–H groups in total. The molecule has 6 nitrogen and oxygen atoms in total. The number of ether oxygens (including phenoxy) is 2. The van der Waals surface area contributed by atoms with E-state index in [1.807, 2.05) is 18.2 Å². The summed E-state index contributed by atoms with van der Waals surface area (Å²) in [4.78, 5) is 4.59. The molecule has 4 rings (SSSR count). The predicted molar refractivity (Wildman–Crippen MR) is 107 cm³/mol. The van der Waals surface area contributed by atoms with Crippen LogP contribution in [0.1, 0.15) is 28.2 Å². The van der Waals surface area contributed by atoms with Gasteiger partial charge in [-0.15, -0.1) is 0 Å². The van der Waals surface area contributed by atoms with Gasteiger partial charge < -0.3 is 26.3 Å². The maximum atomic E-state index is 14.0. The van der Waals surface area contributed by atoms with Gasteiger partial charge in [-0.2, -0.15) is 4.98 Å². The second-order valence-electron chi connectivity index (χ2n) is 6.52. The summed E-state index contributed by atoms with van der Waals surface area (Å²) in [5.41, 5.74) is 15.9. The van der Waals surface area contributed by atoms with Crippen molar-refractivity contribution < 1.29 is 13.9 Å². The third-order valence-corrected chi connectivity index (χ3v) is 4.99. The third kappa shape index (κ3) is 2.80. The summed E-state index contributed by atoms with van der Waals surface area (Å²) in [7, 11) is 3.34. The molecule has 0 saturated heterocycles. The standard InChI is InChI=1S/C21H21FN4O2/c1-25-20-15(10-23)19(24)18-17(11-4-3-5-12(22)8-11)14-7-6-13(27-2)9-16(14)28-21(18)26-20/h3-9,17H,10,23H2,1-2H3,(H3,24,25,26). The molecule has 2 heterocycles. The maximum absolute atomic E-state index is 14.0. The van der Waals surface area contributed by atoms with E-state index in [4.69, 9.17) is 20.9 Å². The predicted octanol–water partition coefficient (Wildman–Crippen LogP) is 3.60. The number of aromatic nitrogens is 1. The molecule has 144 valence electrons. The molecule has 1 aliphatic heterocycles. The zero-order valence-electron chi connectivity index (χ0n) is 15.6. The second kappa shape index (κ2) is 7.01. The Morgan fingerprint density at radius 3 is 2.75 bits per heavy atom. The van der Waals surface area contributed by atoms with Gasteiger partial charge in [0.15, 0.2) is 0 Å². The first kappa shape index (κ1) is 18.1. The molecule has 0 spiro atoms. The van der Waals surface area contributed by atoms with Crippen LogP contribution in [0.4, 0.5) is 15.9 Å². The van der Waals surface area contributed by atoms with E-state index < -0.39 is 0 Å². The highest BCUT2D eigenvalue weighted by molar-refractivity contribution is 5.73. The lowest BCUT2D eigenvalue weighted by molar-refractivity contribution is 0.401. The van der Waals surface area contributed by atoms with Crippen LogP contribution in [0.25, 0.3) is 0 Å². The van der Waals surface area contributed by atoms with E-state index in [9.17, 15) is 4.39 Å². The quantitative estimate of drug-likeness (QED) is 0.501. The van der Waals surface area contributed by atoms with Crippen LogP contribution in [0.15, 0.2) is 42.5 Å². The number of nitrogens with zero attached hydrogens (tertiary/aromatic N) is 1. The van der Waals surface area contributed by atoms with Crippen LogP contribution in [-0.2, 0) is 6.54 Å². The molecule has 7 heteroatoms. The fourth-order valence-electron chi connectivity index (χ4n) is 3.67. The average molecular weight is 380 g/mol. The molecule has 1 unspecified atom stereocenters. The first-order valence-corrected chi connectivity index (χ1v) is 8.88. The molecule has 3 aromatic rings. The van der Waals surface area contributed by atoms with Crippen molar-refractivity contribution in [3.05, 3.63) is 70.5 Å². The monoisotopic (exact) mass is 380 g/mol. The first-order chi connectivity index (χ1) is 13.6. The molecule has 2 aromatic carbocycles. The fraction of sp³-hybridized carbons (Fsp3) is 0.190. The number of halogens is 1. The normalized spacial score (nSPS) is 14.6. The number of methoxy groups -OCH3 is 1. The fourth-order valence-corrected chi connectivity index (χ4v) is 3.67. The number of nitrogen functional groups attached to an aromatic ring is 1. The molecule has 1 atom stereocenters. The van der Waals surface area contributed by atoms with E-state index in [2.05, 4.69) is 10.3 Å². The Morgan fingerprint density at radius 1 is 1.25 bits per heavy atom. The van der Waals surface area contributed by atoms with Gasteiger partial charge in [0.2, 0.25) is 5.88 Å². The zero-order chi connectivity index (χ0) is 19.8. The van der Waals surface area contributed by atoms with Crippen molar-refractivity contribution in [1.29, 1.82) is 0 Å². The van der Waals surface area contributed by atoms with Crippen LogP contribution >= 0.6 is 0 Å². The van der Waals surface area contributed by atoms with Gasteiger partial charge in [-0.1, -0.05) is 18.2 Å². The van der Waals surface area contributed by atoms with Gasteiger partial charge in [0.25, 0.3) is 0 Å². The summed E-state index contributed by atoms with van der Waals surface area (Å²) < 4.78 is 25.4. The summed E-state index contributed by atoms with van der Waals surface area (Å²) in [6.45, 7) is 0.216. The zero-order valence-corrected chi connectivity index (χ0v) is 15.6. The van der Waals surface area contributed by atoms with E-state index in [0.717, 1.165) is 11.1 Å². The highest BCUT2D eigenvalue weighted by Gasteiger charge is 2.34. The van der Waals surface area contributed by atoms with Crippen LogP contribution in [0, 0.1) is 5.82 Å². The van der Waals surface area contributed by atoms with E-state index in [1.54, 1.807) is 26.3 Å². The highest BCUT2D eigenvalue weighted by Crippen LogP contribution is 2.51. The molecule has 0 aliphatic carbocycles. The number of rotatable bonds is 4. The van der Waals surface area contributed by atoms with Crippen LogP contribution in [0.5, 0.6) is 17.4 Å². The van der Waals surface area contributed by atoms with E-state index >= 15 is 0 Å². The second-order valence-corrected chi connectivity index (χ2v) is 6.52. The van der Waals surface area contributed by atoms with Gasteiger partial charge in [0.1, 0.15) is 23.1 Å². The van der Waals surface area contributed by atoms with Crippen molar-refractivity contribution in [3.8, 4) is 17.4 Å². The first-order valence-electron chi connectivity index (χ1n) is 8.88. The van der Waals surface area contributed by atoms with Crippen molar-refractivity contribution in [2.24, 2.45) is 5.73 Å². The van der Waals surface area contributed by atoms with Crippen LogP contribution in [-0.4, -0.2) is 19.1 Å². The molecule has 0 amide bonds. The minimum atomic E-state index is -0.343. The number of nitrogens with two attached hydrogens (primary N) is 2. The van der Waals surface area contributed by atoms with Crippen molar-refractivity contribution in [2.75, 3.05) is 25.2 Å². The lowest BCUT2D eigenvalue weighted by Gasteiger charge is -2.30. The van der Waals surface area contributed by atoms with Gasteiger partial charge in [-0.25, -0.2) is 4.39 Å². The molecule has 0 bridgehead atoms. The molecule has 1 aliphatic rings. The topological polar surface area (TPSA) is 95.4 Å². The molecule has 1 aromatic heterocycles. The van der Waals surface area contributed by atoms with Gasteiger partial charge in [-0.05, 0) is 23.8 Å². The summed E-state index contributed by atoms with van der Waals surface area (Å²) in [5.74, 6) is 1.51. The van der Waals surface area contributed by atoms with Gasteiger partial charge in [0.05, 0.1) is 12.7 Å². The Labute approximate surface area is 162 Å². The van der Waals surface area contributed by atoms with Crippen molar-refractivity contribution in [1.82, 2.24) is 4.98 Å². The maximum Gasteiger partial charge on any atom is 0.227 e. The number of benzene rings is 2. The number of anilines is 2. The van der Waals surface area contributed by atoms with Crippen LogP contribution in [0.3, 0.4) is 0 Å². The largest absolute Gasteiger partial charge is 0.497 e. The van der Waals surface area contributed by atoms with Crippen LogP contribution in [0.2, 0.25) is 0 Å². The van der Waals surface area contributed by atoms with E-state index in [-0.39, 0.29) is 18.3 Å². The minimum Gasteiger partial charge on any atom is -0.497 e. The van der Waals surface area contributed by atoms with Gasteiger partial charge in [-0.3, -0.25) is 0 Å². The summed E-state index contributed by atoms with van der Waals surface area (Å²) in [6, 6.07) is 12.0. The van der Waals surface area contributed by atoms with Gasteiger partial charge in [0, 0.05) is 42.4 Å². The van der Waals surface area contributed by atoms with Crippen LogP contribution < -0.4 is 26.3 Å². The molecular formula is C21H21FN4O2. The Kier molecular flexibility index (Phi) is 4.52. The third-order valence-electron chi connectivity index (χ3n) is 4.99. The summed E-state index contributed by atoms with van der Waals surface area (Å²) >= 11 is 0. The van der Waals surface area contributed by atoms with E-state index in [0.29, 0.717) is 40.0 Å². The smallest absolute Gasteiger partial charge is 0.227 e. The number of fused-ring (bicyclic) bond motifs is 2. The van der Waals surface area contributed by atoms with E-state index in [1.165, 1.54) is 12.1 Å². The lowest BCUT2D eigenvalue weighted by Crippen LogP contribution is -2.19. The number of pyridine rings is 1. The highest BCUT2D eigenvalue weighted by atomic mass is 19.1. The van der Waals surface area contributed by atoms with Crippen molar-refractivity contribution in [3.63, 3.8) is 0 Å². The molecule has 0 radical (unpaired) electrons. The molecular weight excluding hydrogens is 359 g/mol. The minimum absolute atomic E-state index is 0.216. The van der Waals surface area contributed by atoms with Crippen molar-refractivity contribution in [2.45, 2.75) is 12.5 Å². The Bertz CT molecular complexity index is 1050. The molecule has 28 heavy (non-hydrogen) atoms. The molecule has 0 saturated carbocycles. The summed E-state index contributed by atoms with van der Waals surface area (Å²) in [6.07, 6.45) is 0. The Morgan fingerprint density at radius 2 is 2.07 bits per heavy atom. The van der Waals surface area contributed by atoms with Crippen molar-refractivity contribution >= 4 is 11.5 Å². The average Bonchev–Trinajstić information content (AvgIpc) is 2.71.